The van der Waals surface area contributed by atoms with E-state index in [1.807, 2.05) is 0 Å². The van der Waals surface area contributed by atoms with Crippen LogP contribution in [0.3, 0.4) is 0 Å². The van der Waals surface area contributed by atoms with Crippen LogP contribution < -0.4 is 19.7 Å². The molecule has 2 aromatic heterocycles. The summed E-state index contributed by atoms with van der Waals surface area (Å²) in [6.45, 7) is 2.97. The number of carbonyl (C=O) groups is 2. The number of benzene rings is 1. The summed E-state index contributed by atoms with van der Waals surface area (Å²) in [7, 11) is 1.51. The van der Waals surface area contributed by atoms with Crippen LogP contribution in [0.1, 0.15) is 30.0 Å². The first kappa shape index (κ1) is 24.6. The highest BCUT2D eigenvalue weighted by Crippen LogP contribution is 2.29. The molecule has 184 valence electrons. The molecule has 0 bridgehead atoms. The standard InChI is InChI=1S/C26H23FN4O5/c1-26(2,34)11-9-17-7-8-22-23(29-17)31(3)25(33)21(15-35-22)30-24(32)20-14-19(10-12-28-20)36-18-6-4-5-16(27)13-18/h4-8,10,12-14,21,34H,15H2,1-3H3,(H,30,32)/t21-/m0/s1. The first-order valence-electron chi connectivity index (χ1n) is 11.0. The van der Waals surface area contributed by atoms with Gasteiger partial charge in [0.1, 0.15) is 47.0 Å². The molecular formula is C26H23FN4O5. The Morgan fingerprint density at radius 1 is 1.25 bits per heavy atom. The van der Waals surface area contributed by atoms with Crippen molar-refractivity contribution in [1.29, 1.82) is 0 Å². The highest BCUT2D eigenvalue weighted by molar-refractivity contribution is 6.02. The zero-order chi connectivity index (χ0) is 25.9. The minimum atomic E-state index is -1.20. The number of likely N-dealkylation sites (N-methyl/N-ethyl adjacent to an activating group) is 1. The number of aromatic nitrogens is 2. The summed E-state index contributed by atoms with van der Waals surface area (Å²) in [6, 6.07) is 10.7. The van der Waals surface area contributed by atoms with E-state index in [0.29, 0.717) is 11.4 Å². The first-order chi connectivity index (χ1) is 17.1. The smallest absolute Gasteiger partial charge is 0.270 e. The van der Waals surface area contributed by atoms with E-state index in [-0.39, 0.29) is 29.6 Å². The van der Waals surface area contributed by atoms with Crippen LogP contribution in [-0.2, 0) is 4.79 Å². The summed E-state index contributed by atoms with van der Waals surface area (Å²) >= 11 is 0. The van der Waals surface area contributed by atoms with Crippen molar-refractivity contribution in [3.8, 4) is 29.1 Å². The van der Waals surface area contributed by atoms with Crippen LogP contribution in [0, 0.1) is 17.7 Å². The lowest BCUT2D eigenvalue weighted by Gasteiger charge is -2.19. The molecule has 36 heavy (non-hydrogen) atoms. The largest absolute Gasteiger partial charge is 0.487 e. The van der Waals surface area contributed by atoms with Gasteiger partial charge in [0.25, 0.3) is 11.8 Å². The fourth-order valence-corrected chi connectivity index (χ4v) is 3.26. The van der Waals surface area contributed by atoms with Gasteiger partial charge in [-0.2, -0.15) is 0 Å². The molecule has 0 spiro atoms. The second-order valence-electron chi connectivity index (χ2n) is 8.50. The summed E-state index contributed by atoms with van der Waals surface area (Å²) in [5, 5.41) is 12.4. The van der Waals surface area contributed by atoms with E-state index in [2.05, 4.69) is 27.1 Å². The van der Waals surface area contributed by atoms with E-state index in [4.69, 9.17) is 9.47 Å². The zero-order valence-electron chi connectivity index (χ0n) is 19.8. The molecule has 4 rings (SSSR count). The molecule has 1 aliphatic rings. The monoisotopic (exact) mass is 490 g/mol. The Kier molecular flexibility index (Phi) is 6.85. The average Bonchev–Trinajstić information content (AvgIpc) is 2.94. The molecule has 0 radical (unpaired) electrons. The zero-order valence-corrected chi connectivity index (χ0v) is 19.8. The highest BCUT2D eigenvalue weighted by Gasteiger charge is 2.32. The second kappa shape index (κ2) is 10.0. The third kappa shape index (κ3) is 5.95. The Morgan fingerprint density at radius 3 is 2.78 bits per heavy atom. The summed E-state index contributed by atoms with van der Waals surface area (Å²) < 4.78 is 24.8. The van der Waals surface area contributed by atoms with Crippen molar-refractivity contribution in [1.82, 2.24) is 15.3 Å². The van der Waals surface area contributed by atoms with E-state index in [0.717, 1.165) is 0 Å². The number of nitrogens with zero attached hydrogens (tertiary/aromatic N) is 3. The first-order valence-corrected chi connectivity index (χ1v) is 11.0. The van der Waals surface area contributed by atoms with Gasteiger partial charge in [0.15, 0.2) is 11.6 Å². The van der Waals surface area contributed by atoms with E-state index >= 15 is 0 Å². The summed E-state index contributed by atoms with van der Waals surface area (Å²) in [4.78, 5) is 35.6. The molecule has 0 aliphatic carbocycles. The number of aliphatic hydroxyl groups is 1. The Morgan fingerprint density at radius 2 is 2.03 bits per heavy atom. The number of rotatable bonds is 4. The minimum Gasteiger partial charge on any atom is -0.487 e. The van der Waals surface area contributed by atoms with Crippen molar-refractivity contribution in [2.45, 2.75) is 25.5 Å². The Hall–Kier alpha value is -4.49. The van der Waals surface area contributed by atoms with Crippen molar-refractivity contribution in [3.63, 3.8) is 0 Å². The number of nitrogens with one attached hydrogen (secondary N) is 1. The van der Waals surface area contributed by atoms with Gasteiger partial charge < -0.3 is 19.9 Å². The van der Waals surface area contributed by atoms with Crippen molar-refractivity contribution < 1.29 is 28.6 Å². The van der Waals surface area contributed by atoms with Crippen molar-refractivity contribution >= 4 is 17.6 Å². The van der Waals surface area contributed by atoms with Crippen LogP contribution in [0.15, 0.2) is 54.7 Å². The van der Waals surface area contributed by atoms with Gasteiger partial charge in [0.2, 0.25) is 0 Å². The minimum absolute atomic E-state index is 0.00317. The van der Waals surface area contributed by atoms with Gasteiger partial charge in [-0.05, 0) is 50.1 Å². The maximum atomic E-state index is 13.4. The topological polar surface area (TPSA) is 114 Å². The van der Waals surface area contributed by atoms with Crippen molar-refractivity contribution in [2.24, 2.45) is 0 Å². The number of halogens is 1. The number of hydrogen-bond acceptors (Lipinski definition) is 7. The van der Waals surface area contributed by atoms with Gasteiger partial charge in [0.05, 0.1) is 0 Å². The van der Waals surface area contributed by atoms with Crippen LogP contribution in [0.25, 0.3) is 0 Å². The van der Waals surface area contributed by atoms with Gasteiger partial charge in [0, 0.05) is 25.4 Å². The summed E-state index contributed by atoms with van der Waals surface area (Å²) in [5.74, 6) is 5.03. The summed E-state index contributed by atoms with van der Waals surface area (Å²) in [5.41, 5.74) is -0.847. The fraction of sp³-hybridized carbons (Fsp3) is 0.231. The molecular weight excluding hydrogens is 467 g/mol. The maximum absolute atomic E-state index is 13.4. The van der Waals surface area contributed by atoms with E-state index in [1.54, 1.807) is 32.0 Å². The SMILES string of the molecule is CN1C(=O)[C@@H](NC(=O)c2cc(Oc3cccc(F)c3)ccn2)COc2ccc(C#CC(C)(C)O)nc21. The highest BCUT2D eigenvalue weighted by atomic mass is 19.1. The number of carbonyl (C=O) groups excluding carboxylic acids is 2. The van der Waals surface area contributed by atoms with E-state index < -0.39 is 29.3 Å². The van der Waals surface area contributed by atoms with Gasteiger partial charge in [-0.1, -0.05) is 12.0 Å². The second-order valence-corrected chi connectivity index (χ2v) is 8.50. The number of fused-ring (bicyclic) bond motifs is 1. The number of amides is 2. The molecule has 2 N–H and O–H groups in total. The van der Waals surface area contributed by atoms with Crippen LogP contribution in [-0.4, -0.2) is 52.2 Å². The number of anilines is 1. The molecule has 0 saturated carbocycles. The van der Waals surface area contributed by atoms with E-state index in [1.165, 1.54) is 48.5 Å². The van der Waals surface area contributed by atoms with Crippen molar-refractivity contribution in [3.05, 3.63) is 71.9 Å². The molecule has 1 aliphatic heterocycles. The molecule has 0 saturated heterocycles. The Bertz CT molecular complexity index is 1380. The lowest BCUT2D eigenvalue weighted by Crippen LogP contribution is -2.49. The lowest BCUT2D eigenvalue weighted by atomic mass is 10.1. The summed E-state index contributed by atoms with van der Waals surface area (Å²) in [6.07, 6.45) is 1.37. The molecule has 9 nitrogen and oxygen atoms in total. The molecule has 1 aromatic carbocycles. The fourth-order valence-electron chi connectivity index (χ4n) is 3.26. The van der Waals surface area contributed by atoms with Gasteiger partial charge >= 0.3 is 0 Å². The normalized spacial score (nSPS) is 15.1. The molecule has 3 heterocycles. The Labute approximate surface area is 206 Å². The molecule has 0 unspecified atom stereocenters. The van der Waals surface area contributed by atoms with Crippen molar-refractivity contribution in [2.75, 3.05) is 18.6 Å². The molecule has 0 fully saturated rings. The number of hydrogen-bond donors (Lipinski definition) is 2. The van der Waals surface area contributed by atoms with Crippen LogP contribution in [0.5, 0.6) is 17.2 Å². The van der Waals surface area contributed by atoms with Gasteiger partial charge in [-0.25, -0.2) is 9.37 Å². The van der Waals surface area contributed by atoms with E-state index in [9.17, 15) is 19.1 Å². The van der Waals surface area contributed by atoms with Crippen LogP contribution in [0.2, 0.25) is 0 Å². The molecule has 2 amide bonds. The van der Waals surface area contributed by atoms with Gasteiger partial charge in [-0.15, -0.1) is 0 Å². The third-order valence-electron chi connectivity index (χ3n) is 4.99. The quantitative estimate of drug-likeness (QED) is 0.541. The lowest BCUT2D eigenvalue weighted by molar-refractivity contribution is -0.120. The number of pyridine rings is 2. The number of ether oxygens (including phenoxy) is 2. The predicted molar refractivity (Wildman–Crippen MR) is 128 cm³/mol. The van der Waals surface area contributed by atoms with Crippen LogP contribution in [0.4, 0.5) is 10.2 Å². The maximum Gasteiger partial charge on any atom is 0.270 e. The molecule has 10 heteroatoms. The van der Waals surface area contributed by atoms with Gasteiger partial charge in [-0.3, -0.25) is 19.5 Å². The van der Waals surface area contributed by atoms with Crippen LogP contribution >= 0.6 is 0 Å². The molecule has 3 aromatic rings. The molecule has 1 atom stereocenters. The third-order valence-corrected chi connectivity index (χ3v) is 4.99. The average molecular weight is 490 g/mol. The Balaban J connectivity index is 1.48. The predicted octanol–water partition coefficient (Wildman–Crippen LogP) is 2.68.